The van der Waals surface area contributed by atoms with Gasteiger partial charge in [0.05, 0.1) is 17.6 Å². The van der Waals surface area contributed by atoms with Crippen molar-refractivity contribution in [2.75, 3.05) is 4.90 Å². The van der Waals surface area contributed by atoms with Crippen molar-refractivity contribution in [1.29, 1.82) is 5.26 Å². The number of nitrogens with zero attached hydrogens (tertiary/aromatic N) is 2. The van der Waals surface area contributed by atoms with Gasteiger partial charge in [0.25, 0.3) is 0 Å². The summed E-state index contributed by atoms with van der Waals surface area (Å²) in [5.74, 6) is 0.140. The Morgan fingerprint density at radius 3 is 2.39 bits per heavy atom. The maximum absolute atomic E-state index is 13.5. The molecule has 2 N–H and O–H groups in total. The number of hydrogen-bond donors (Lipinski definition) is 1. The molecule has 1 aromatic heterocycles. The van der Waals surface area contributed by atoms with Gasteiger partial charge in [-0.3, -0.25) is 9.69 Å². The molecule has 31 heavy (non-hydrogen) atoms. The van der Waals surface area contributed by atoms with E-state index in [1.807, 2.05) is 35.2 Å². The number of rotatable bonds is 2. The minimum atomic E-state index is -0.398. The van der Waals surface area contributed by atoms with Gasteiger partial charge in [0.1, 0.15) is 5.82 Å². The van der Waals surface area contributed by atoms with E-state index in [2.05, 4.69) is 52.8 Å². The van der Waals surface area contributed by atoms with Crippen LogP contribution < -0.4 is 10.6 Å². The van der Waals surface area contributed by atoms with E-state index in [9.17, 15) is 10.1 Å². The van der Waals surface area contributed by atoms with E-state index in [0.29, 0.717) is 17.8 Å². The molecule has 0 unspecified atom stereocenters. The minimum absolute atomic E-state index is 0.00546. The van der Waals surface area contributed by atoms with Crippen molar-refractivity contribution < 1.29 is 4.79 Å². The van der Waals surface area contributed by atoms with Gasteiger partial charge in [-0.05, 0) is 41.5 Å². The summed E-state index contributed by atoms with van der Waals surface area (Å²) in [7, 11) is 0. The molecule has 2 aliphatic rings. The van der Waals surface area contributed by atoms with E-state index in [1.165, 1.54) is 4.88 Å². The lowest BCUT2D eigenvalue weighted by Crippen LogP contribution is -2.42. The lowest BCUT2D eigenvalue weighted by Gasteiger charge is -2.43. The van der Waals surface area contributed by atoms with Crippen LogP contribution in [0, 0.1) is 16.7 Å². The summed E-state index contributed by atoms with van der Waals surface area (Å²) in [4.78, 5) is 17.7. The Bertz CT molecular complexity index is 1140. The van der Waals surface area contributed by atoms with E-state index in [1.54, 1.807) is 11.3 Å². The Balaban J connectivity index is 1.97. The molecule has 160 valence electrons. The van der Waals surface area contributed by atoms with Crippen LogP contribution in [0.4, 0.5) is 5.69 Å². The number of anilines is 1. The van der Waals surface area contributed by atoms with Gasteiger partial charge in [0, 0.05) is 33.1 Å². The number of thiophene rings is 1. The second-order valence-electron chi connectivity index (χ2n) is 10.3. The molecule has 0 fully saturated rings. The minimum Gasteiger partial charge on any atom is -0.384 e. The van der Waals surface area contributed by atoms with Gasteiger partial charge in [-0.2, -0.15) is 5.26 Å². The van der Waals surface area contributed by atoms with Crippen molar-refractivity contribution in [2.45, 2.75) is 58.8 Å². The summed E-state index contributed by atoms with van der Waals surface area (Å²) in [6.45, 7) is 10.8. The molecule has 0 bridgehead atoms. The number of hydrogen-bond acceptors (Lipinski definition) is 5. The van der Waals surface area contributed by atoms with Crippen molar-refractivity contribution in [3.8, 4) is 6.07 Å². The Labute approximate surface area is 188 Å². The highest BCUT2D eigenvalue weighted by Gasteiger charge is 2.45. The van der Waals surface area contributed by atoms with Gasteiger partial charge < -0.3 is 5.73 Å². The highest BCUT2D eigenvalue weighted by molar-refractivity contribution is 7.12. The van der Waals surface area contributed by atoms with Crippen molar-refractivity contribution in [1.82, 2.24) is 0 Å². The summed E-state index contributed by atoms with van der Waals surface area (Å²) in [5, 5.41) is 10.2. The fourth-order valence-corrected chi connectivity index (χ4v) is 5.76. The van der Waals surface area contributed by atoms with Gasteiger partial charge >= 0.3 is 0 Å². The van der Waals surface area contributed by atoms with Crippen molar-refractivity contribution in [3.05, 3.63) is 74.9 Å². The second kappa shape index (κ2) is 7.39. The van der Waals surface area contributed by atoms with Crippen LogP contribution in [0.1, 0.15) is 63.1 Å². The molecule has 0 spiro atoms. The normalized spacial score (nSPS) is 21.2. The van der Waals surface area contributed by atoms with Gasteiger partial charge in [-0.25, -0.2) is 0 Å². The van der Waals surface area contributed by atoms with Crippen LogP contribution in [0.5, 0.6) is 0 Å². The second-order valence-corrected chi connectivity index (χ2v) is 11.4. The van der Waals surface area contributed by atoms with E-state index in [0.717, 1.165) is 28.3 Å². The van der Waals surface area contributed by atoms with Gasteiger partial charge in [0.15, 0.2) is 5.78 Å². The molecule has 1 aliphatic heterocycles. The molecule has 0 radical (unpaired) electrons. The van der Waals surface area contributed by atoms with Crippen LogP contribution in [0.25, 0.3) is 0 Å². The molecule has 0 saturated heterocycles. The molecule has 2 heterocycles. The fourth-order valence-electron chi connectivity index (χ4n) is 4.58. The molecule has 0 saturated carbocycles. The largest absolute Gasteiger partial charge is 0.384 e. The molecule has 5 heteroatoms. The summed E-state index contributed by atoms with van der Waals surface area (Å²) >= 11 is 1.68. The summed E-state index contributed by atoms with van der Waals surface area (Å²) in [5.41, 5.74) is 9.51. The standard InChI is InChI=1S/C26H29N3OS/c1-25(2,3)21-12-11-20(31-21)22-17(15-27)24(28)29(16-9-7-6-8-10-16)18-13-26(4,5)14-19(30)23(18)22/h6-12,22H,13-14,28H2,1-5H3/t22-/m1/s1. The zero-order valence-electron chi connectivity index (χ0n) is 18.8. The average molecular weight is 432 g/mol. The molecular weight excluding hydrogens is 402 g/mol. The number of nitrogens with two attached hydrogens (primary N) is 1. The molecular formula is C26H29N3OS. The number of carbonyl (C=O) groups excluding carboxylic acids is 1. The topological polar surface area (TPSA) is 70.1 Å². The smallest absolute Gasteiger partial charge is 0.162 e. The predicted octanol–water partition coefficient (Wildman–Crippen LogP) is 5.99. The van der Waals surface area contributed by atoms with E-state index in [4.69, 9.17) is 5.73 Å². The van der Waals surface area contributed by atoms with Crippen LogP contribution in [0.15, 0.2) is 65.1 Å². The number of Topliss-reactive ketones (excluding diaryl/α,β-unsaturated/α-hetero) is 1. The van der Waals surface area contributed by atoms with E-state index < -0.39 is 5.92 Å². The predicted molar refractivity (Wildman–Crippen MR) is 127 cm³/mol. The number of allylic oxidation sites excluding steroid dienone is 3. The molecule has 1 aromatic carbocycles. The van der Waals surface area contributed by atoms with E-state index in [-0.39, 0.29) is 16.6 Å². The monoisotopic (exact) mass is 431 g/mol. The Morgan fingerprint density at radius 2 is 1.81 bits per heavy atom. The first-order valence-electron chi connectivity index (χ1n) is 10.6. The lowest BCUT2D eigenvalue weighted by atomic mass is 9.69. The van der Waals surface area contributed by atoms with Crippen LogP contribution >= 0.6 is 11.3 Å². The first-order chi connectivity index (χ1) is 14.5. The van der Waals surface area contributed by atoms with Crippen LogP contribution in [-0.2, 0) is 10.2 Å². The Hall–Kier alpha value is -2.84. The molecule has 2 aromatic rings. The lowest BCUT2D eigenvalue weighted by molar-refractivity contribution is -0.118. The first-order valence-corrected chi connectivity index (χ1v) is 11.5. The third-order valence-corrected chi connectivity index (χ3v) is 7.62. The highest BCUT2D eigenvalue weighted by atomic mass is 32.1. The third kappa shape index (κ3) is 3.70. The van der Waals surface area contributed by atoms with Gasteiger partial charge in [-0.15, -0.1) is 11.3 Å². The maximum Gasteiger partial charge on any atom is 0.162 e. The number of ketones is 1. The molecule has 4 rings (SSSR count). The summed E-state index contributed by atoms with van der Waals surface area (Å²) < 4.78 is 0. The zero-order valence-corrected chi connectivity index (χ0v) is 19.6. The number of nitriles is 1. The molecule has 4 nitrogen and oxygen atoms in total. The van der Waals surface area contributed by atoms with Crippen molar-refractivity contribution in [3.63, 3.8) is 0 Å². The van der Waals surface area contributed by atoms with Crippen LogP contribution in [0.3, 0.4) is 0 Å². The fraction of sp³-hybridized carbons (Fsp3) is 0.385. The highest BCUT2D eigenvalue weighted by Crippen LogP contribution is 2.51. The van der Waals surface area contributed by atoms with Crippen molar-refractivity contribution in [2.24, 2.45) is 11.1 Å². The zero-order chi connectivity index (χ0) is 22.6. The van der Waals surface area contributed by atoms with Crippen molar-refractivity contribution >= 4 is 22.8 Å². The maximum atomic E-state index is 13.5. The number of carbonyl (C=O) groups is 1. The van der Waals surface area contributed by atoms with Crippen LogP contribution in [0.2, 0.25) is 0 Å². The number of benzene rings is 1. The van der Waals surface area contributed by atoms with Gasteiger partial charge in [0.2, 0.25) is 0 Å². The van der Waals surface area contributed by atoms with Crippen LogP contribution in [-0.4, -0.2) is 5.78 Å². The molecule has 1 atom stereocenters. The molecule has 0 amide bonds. The molecule has 1 aliphatic carbocycles. The SMILES string of the molecule is CC1(C)CC(=O)C2=C(C1)N(c1ccccc1)C(N)=C(C#N)[C@@H]2c1ccc(C(C)(C)C)s1. The van der Waals surface area contributed by atoms with E-state index >= 15 is 0 Å². The first kappa shape index (κ1) is 21.4. The Kier molecular flexibility index (Phi) is 5.10. The average Bonchev–Trinajstić information content (AvgIpc) is 3.17. The third-order valence-electron chi connectivity index (χ3n) is 6.05. The summed E-state index contributed by atoms with van der Waals surface area (Å²) in [6, 6.07) is 16.3. The van der Waals surface area contributed by atoms with Gasteiger partial charge in [-0.1, -0.05) is 52.8 Å². The number of para-hydroxylation sites is 1. The summed E-state index contributed by atoms with van der Waals surface area (Å²) in [6.07, 6.45) is 1.21. The quantitative estimate of drug-likeness (QED) is 0.634. The Morgan fingerprint density at radius 1 is 1.13 bits per heavy atom.